The van der Waals surface area contributed by atoms with E-state index in [2.05, 4.69) is 15.9 Å². The highest BCUT2D eigenvalue weighted by Crippen LogP contribution is 2.34. The van der Waals surface area contributed by atoms with Crippen LogP contribution in [0.5, 0.6) is 11.5 Å². The second kappa shape index (κ2) is 4.28. The monoisotopic (exact) mass is 261 g/mol. The number of phenolic OH excluding ortho intramolecular Hbond substituents is 2. The van der Waals surface area contributed by atoms with Crippen LogP contribution in [-0.4, -0.2) is 21.7 Å². The van der Waals surface area contributed by atoms with Gasteiger partial charge in [0.15, 0.2) is 11.5 Å². The summed E-state index contributed by atoms with van der Waals surface area (Å²) in [6, 6.07) is 2.85. The van der Waals surface area contributed by atoms with Gasteiger partial charge >= 0.3 is 0 Å². The van der Waals surface area contributed by atoms with E-state index in [4.69, 9.17) is 0 Å². The van der Waals surface area contributed by atoms with E-state index in [9.17, 15) is 20.3 Å². The molecule has 1 aromatic rings. The molecular weight excluding hydrogens is 254 g/mol. The van der Waals surface area contributed by atoms with Crippen LogP contribution < -0.4 is 0 Å². The number of phenols is 2. The average Bonchev–Trinajstić information content (AvgIpc) is 2.10. The van der Waals surface area contributed by atoms with Crippen molar-refractivity contribution >= 4 is 15.9 Å². The predicted molar refractivity (Wildman–Crippen MR) is 53.0 cm³/mol. The number of nitro groups is 1. The van der Waals surface area contributed by atoms with E-state index < -0.39 is 4.92 Å². The van der Waals surface area contributed by atoms with Gasteiger partial charge in [0.25, 0.3) is 0 Å². The Kier molecular flexibility index (Phi) is 3.29. The van der Waals surface area contributed by atoms with Crippen LogP contribution >= 0.6 is 15.9 Å². The van der Waals surface area contributed by atoms with Crippen LogP contribution in [-0.2, 0) is 6.42 Å². The maximum atomic E-state index is 10.1. The van der Waals surface area contributed by atoms with E-state index in [-0.39, 0.29) is 24.5 Å². The minimum Gasteiger partial charge on any atom is -0.504 e. The highest BCUT2D eigenvalue weighted by molar-refractivity contribution is 9.10. The highest BCUT2D eigenvalue weighted by atomic mass is 79.9. The van der Waals surface area contributed by atoms with Crippen molar-refractivity contribution in [1.82, 2.24) is 0 Å². The molecule has 0 atom stereocenters. The first-order valence-electron chi connectivity index (χ1n) is 3.83. The molecule has 0 radical (unpaired) electrons. The number of rotatable bonds is 3. The van der Waals surface area contributed by atoms with Crippen molar-refractivity contribution in [2.75, 3.05) is 6.54 Å². The minimum atomic E-state index is -0.433. The zero-order valence-electron chi connectivity index (χ0n) is 7.11. The van der Waals surface area contributed by atoms with Gasteiger partial charge in [-0.25, -0.2) is 0 Å². The summed E-state index contributed by atoms with van der Waals surface area (Å²) in [5.74, 6) is -0.535. The lowest BCUT2D eigenvalue weighted by Gasteiger charge is -2.03. The molecule has 6 heteroatoms. The molecule has 0 unspecified atom stereocenters. The Bertz CT molecular complexity index is 343. The third kappa shape index (κ3) is 2.59. The van der Waals surface area contributed by atoms with Gasteiger partial charge in [0.1, 0.15) is 0 Å². The Labute approximate surface area is 88.3 Å². The topological polar surface area (TPSA) is 83.6 Å². The summed E-state index contributed by atoms with van der Waals surface area (Å²) in [7, 11) is 0. The van der Waals surface area contributed by atoms with Crippen LogP contribution in [0, 0.1) is 10.1 Å². The lowest BCUT2D eigenvalue weighted by molar-refractivity contribution is -0.479. The van der Waals surface area contributed by atoms with Crippen molar-refractivity contribution in [2.45, 2.75) is 6.42 Å². The average molecular weight is 262 g/mol. The molecule has 0 heterocycles. The quantitative estimate of drug-likeness (QED) is 0.493. The van der Waals surface area contributed by atoms with Crippen molar-refractivity contribution < 1.29 is 15.1 Å². The summed E-state index contributed by atoms with van der Waals surface area (Å²) >= 11 is 3.02. The molecule has 0 aliphatic carbocycles. The zero-order valence-corrected chi connectivity index (χ0v) is 8.69. The molecule has 0 aliphatic heterocycles. The smallest absolute Gasteiger partial charge is 0.207 e. The maximum Gasteiger partial charge on any atom is 0.207 e. The van der Waals surface area contributed by atoms with E-state index in [1.54, 1.807) is 6.07 Å². The van der Waals surface area contributed by atoms with Crippen LogP contribution in [0.4, 0.5) is 0 Å². The fourth-order valence-corrected chi connectivity index (χ4v) is 1.50. The molecule has 0 amide bonds. The molecule has 0 spiro atoms. The van der Waals surface area contributed by atoms with Crippen molar-refractivity contribution in [3.63, 3.8) is 0 Å². The fourth-order valence-electron chi connectivity index (χ4n) is 1.00. The molecule has 0 aromatic heterocycles. The van der Waals surface area contributed by atoms with Gasteiger partial charge in [-0.05, 0) is 33.6 Å². The van der Waals surface area contributed by atoms with Gasteiger partial charge in [-0.3, -0.25) is 10.1 Å². The molecule has 0 bridgehead atoms. The Balaban J connectivity index is 2.84. The molecule has 2 N–H and O–H groups in total. The molecule has 0 fully saturated rings. The van der Waals surface area contributed by atoms with Crippen molar-refractivity contribution in [3.8, 4) is 11.5 Å². The largest absolute Gasteiger partial charge is 0.504 e. The maximum absolute atomic E-state index is 10.1. The summed E-state index contributed by atoms with van der Waals surface area (Å²) in [6.45, 7) is -0.198. The third-order valence-corrected chi connectivity index (χ3v) is 2.29. The number of benzene rings is 1. The SMILES string of the molecule is O=[N+]([O-])CCc1cc(O)c(O)c(Br)c1. The third-order valence-electron chi connectivity index (χ3n) is 1.69. The van der Waals surface area contributed by atoms with Gasteiger partial charge in [0.05, 0.1) is 4.47 Å². The molecule has 76 valence electrons. The predicted octanol–water partition coefficient (Wildman–Crippen LogP) is 1.68. The van der Waals surface area contributed by atoms with Gasteiger partial charge in [-0.15, -0.1) is 0 Å². The lowest BCUT2D eigenvalue weighted by Crippen LogP contribution is -2.03. The van der Waals surface area contributed by atoms with Crippen LogP contribution in [0.25, 0.3) is 0 Å². The number of halogens is 1. The Morgan fingerprint density at radius 2 is 2.07 bits per heavy atom. The molecule has 0 saturated carbocycles. The molecule has 0 aliphatic rings. The van der Waals surface area contributed by atoms with Crippen LogP contribution in [0.1, 0.15) is 5.56 Å². The Morgan fingerprint density at radius 1 is 1.43 bits per heavy atom. The van der Waals surface area contributed by atoms with Crippen LogP contribution in [0.2, 0.25) is 0 Å². The second-order valence-electron chi connectivity index (χ2n) is 2.75. The zero-order chi connectivity index (χ0) is 10.7. The summed E-state index contributed by atoms with van der Waals surface area (Å²) < 4.78 is 0.329. The number of hydrogen-bond acceptors (Lipinski definition) is 4. The molecule has 14 heavy (non-hydrogen) atoms. The van der Waals surface area contributed by atoms with Gasteiger partial charge in [0, 0.05) is 11.3 Å². The minimum absolute atomic E-state index is 0.198. The van der Waals surface area contributed by atoms with Crippen molar-refractivity contribution in [3.05, 3.63) is 32.3 Å². The first-order valence-corrected chi connectivity index (χ1v) is 4.62. The molecule has 5 nitrogen and oxygen atoms in total. The van der Waals surface area contributed by atoms with Gasteiger partial charge in [-0.2, -0.15) is 0 Å². The first kappa shape index (κ1) is 10.8. The highest BCUT2D eigenvalue weighted by Gasteiger charge is 2.08. The standard InChI is InChI=1S/C8H8BrNO4/c9-6-3-5(1-2-10(13)14)4-7(11)8(6)12/h3-4,11-12H,1-2H2. The van der Waals surface area contributed by atoms with Crippen molar-refractivity contribution in [2.24, 2.45) is 0 Å². The lowest BCUT2D eigenvalue weighted by atomic mass is 10.1. The Morgan fingerprint density at radius 3 is 2.57 bits per heavy atom. The van der Waals surface area contributed by atoms with Gasteiger partial charge in [-0.1, -0.05) is 0 Å². The fraction of sp³-hybridized carbons (Fsp3) is 0.250. The van der Waals surface area contributed by atoms with E-state index in [0.717, 1.165) is 0 Å². The Hall–Kier alpha value is -1.30. The molecule has 1 rings (SSSR count). The number of aromatic hydroxyl groups is 2. The van der Waals surface area contributed by atoms with Crippen LogP contribution in [0.15, 0.2) is 16.6 Å². The van der Waals surface area contributed by atoms with E-state index in [0.29, 0.717) is 10.0 Å². The van der Waals surface area contributed by atoms with Gasteiger partial charge in [0.2, 0.25) is 6.54 Å². The summed E-state index contributed by atoms with van der Waals surface area (Å²) in [4.78, 5) is 9.66. The summed E-state index contributed by atoms with van der Waals surface area (Å²) in [5.41, 5.74) is 0.601. The molecule has 0 saturated heterocycles. The van der Waals surface area contributed by atoms with E-state index in [1.807, 2.05) is 0 Å². The van der Waals surface area contributed by atoms with Gasteiger partial charge < -0.3 is 10.2 Å². The second-order valence-corrected chi connectivity index (χ2v) is 3.61. The van der Waals surface area contributed by atoms with E-state index in [1.165, 1.54) is 6.07 Å². The summed E-state index contributed by atoms with van der Waals surface area (Å²) in [6.07, 6.45) is 0.222. The molecule has 1 aromatic carbocycles. The molecular formula is C8H8BrNO4. The van der Waals surface area contributed by atoms with Crippen molar-refractivity contribution in [1.29, 1.82) is 0 Å². The number of nitrogens with zero attached hydrogens (tertiary/aromatic N) is 1. The summed E-state index contributed by atoms with van der Waals surface area (Å²) in [5, 5.41) is 28.5. The van der Waals surface area contributed by atoms with E-state index >= 15 is 0 Å². The number of hydrogen-bond donors (Lipinski definition) is 2. The normalized spacial score (nSPS) is 10.1. The van der Waals surface area contributed by atoms with Crippen LogP contribution in [0.3, 0.4) is 0 Å². The first-order chi connectivity index (χ1) is 6.50.